The summed E-state index contributed by atoms with van der Waals surface area (Å²) in [7, 11) is 0. The largest absolute Gasteiger partial charge is 0.361 e. The number of hydrogen-bond donors (Lipinski definition) is 2. The van der Waals surface area contributed by atoms with E-state index in [-0.39, 0.29) is 17.9 Å². The molecule has 1 saturated heterocycles. The van der Waals surface area contributed by atoms with Gasteiger partial charge in [0.15, 0.2) is 0 Å². The zero-order valence-corrected chi connectivity index (χ0v) is 16.5. The fraction of sp³-hybridized carbons (Fsp3) is 0.500. The van der Waals surface area contributed by atoms with Crippen molar-refractivity contribution in [3.05, 3.63) is 41.5 Å². The molecule has 1 aromatic heterocycles. The Hall–Kier alpha value is -2.90. The number of nitrogens with zero attached hydrogens (tertiary/aromatic N) is 4. The molecule has 8 nitrogen and oxygen atoms in total. The molecule has 2 aliphatic heterocycles. The summed E-state index contributed by atoms with van der Waals surface area (Å²) in [5, 5.41) is 11.0. The average Bonchev–Trinajstić information content (AvgIpc) is 3.00. The van der Waals surface area contributed by atoms with E-state index < -0.39 is 5.66 Å². The minimum absolute atomic E-state index is 0.0639. The van der Waals surface area contributed by atoms with Gasteiger partial charge in [-0.1, -0.05) is 12.1 Å². The fourth-order valence-electron chi connectivity index (χ4n) is 4.26. The van der Waals surface area contributed by atoms with Crippen molar-refractivity contribution in [1.82, 2.24) is 25.0 Å². The number of carbonyl (C=O) groups is 2. The molecule has 8 heteroatoms. The van der Waals surface area contributed by atoms with Gasteiger partial charge in [0.1, 0.15) is 17.3 Å². The van der Waals surface area contributed by atoms with Crippen LogP contribution in [-0.2, 0) is 4.79 Å². The van der Waals surface area contributed by atoms with Crippen LogP contribution in [0.2, 0.25) is 0 Å². The second kappa shape index (κ2) is 6.92. The molecule has 1 fully saturated rings. The Morgan fingerprint density at radius 2 is 2.07 bits per heavy atom. The standard InChI is InChI=1S/C20H26N6O2/c1-13(26-15(3)21-14(2)24-26)11-18(27)25-10-6-9-20(12-25)22-17-8-5-4-7-16(17)19(28)23-20/h4-5,7-8,13,22H,6,9-12H2,1-3H3,(H,23,28). The Bertz CT molecular complexity index is 923. The summed E-state index contributed by atoms with van der Waals surface area (Å²) in [5.74, 6) is 1.49. The third-order valence-corrected chi connectivity index (χ3v) is 5.54. The normalized spacial score (nSPS) is 22.4. The number of piperidine rings is 1. The summed E-state index contributed by atoms with van der Waals surface area (Å²) >= 11 is 0. The number of nitrogens with one attached hydrogen (secondary N) is 2. The van der Waals surface area contributed by atoms with Gasteiger partial charge in [-0.2, -0.15) is 5.10 Å². The minimum Gasteiger partial charge on any atom is -0.361 e. The first-order valence-electron chi connectivity index (χ1n) is 9.74. The molecule has 1 aromatic carbocycles. The predicted molar refractivity (Wildman–Crippen MR) is 105 cm³/mol. The number of aryl methyl sites for hydroxylation is 2. The molecular weight excluding hydrogens is 356 g/mol. The first-order valence-corrected chi connectivity index (χ1v) is 9.74. The smallest absolute Gasteiger partial charge is 0.255 e. The SMILES string of the molecule is Cc1nc(C)n(C(C)CC(=O)N2CCCC3(C2)NC(=O)c2ccccc2N3)n1. The van der Waals surface area contributed by atoms with Crippen LogP contribution in [0, 0.1) is 13.8 Å². The number of carbonyl (C=O) groups excluding carboxylic acids is 2. The van der Waals surface area contributed by atoms with Gasteiger partial charge < -0.3 is 15.5 Å². The molecule has 0 saturated carbocycles. The number of amides is 2. The van der Waals surface area contributed by atoms with E-state index in [0.29, 0.717) is 30.9 Å². The number of benzene rings is 1. The number of hydrogen-bond acceptors (Lipinski definition) is 5. The summed E-state index contributed by atoms with van der Waals surface area (Å²) in [6.07, 6.45) is 1.97. The Balaban J connectivity index is 1.47. The number of fused-ring (bicyclic) bond motifs is 1. The molecule has 148 valence electrons. The van der Waals surface area contributed by atoms with Gasteiger partial charge in [-0.25, -0.2) is 9.67 Å². The molecular formula is C20H26N6O2. The van der Waals surface area contributed by atoms with Crippen LogP contribution in [0.3, 0.4) is 0 Å². The third-order valence-electron chi connectivity index (χ3n) is 5.54. The van der Waals surface area contributed by atoms with Crippen molar-refractivity contribution in [3.8, 4) is 0 Å². The Morgan fingerprint density at radius 3 is 2.82 bits per heavy atom. The second-order valence-electron chi connectivity index (χ2n) is 7.83. The molecule has 2 N–H and O–H groups in total. The van der Waals surface area contributed by atoms with E-state index in [1.807, 2.05) is 48.6 Å². The van der Waals surface area contributed by atoms with Crippen LogP contribution in [0.25, 0.3) is 0 Å². The van der Waals surface area contributed by atoms with Crippen LogP contribution in [0.1, 0.15) is 54.2 Å². The summed E-state index contributed by atoms with van der Waals surface area (Å²) in [6, 6.07) is 7.41. The lowest BCUT2D eigenvalue weighted by atomic mass is 9.93. The Kier molecular flexibility index (Phi) is 4.56. The van der Waals surface area contributed by atoms with Gasteiger partial charge in [0.2, 0.25) is 5.91 Å². The highest BCUT2D eigenvalue weighted by Crippen LogP contribution is 2.31. The fourth-order valence-corrected chi connectivity index (χ4v) is 4.26. The molecule has 0 radical (unpaired) electrons. The van der Waals surface area contributed by atoms with E-state index in [9.17, 15) is 9.59 Å². The summed E-state index contributed by atoms with van der Waals surface area (Å²) in [6.45, 7) is 6.88. The highest BCUT2D eigenvalue weighted by molar-refractivity contribution is 6.02. The van der Waals surface area contributed by atoms with Crippen molar-refractivity contribution in [2.75, 3.05) is 18.4 Å². The van der Waals surface area contributed by atoms with Crippen LogP contribution < -0.4 is 10.6 Å². The number of anilines is 1. The first kappa shape index (κ1) is 18.5. The van der Waals surface area contributed by atoms with Crippen LogP contribution in [0.4, 0.5) is 5.69 Å². The maximum Gasteiger partial charge on any atom is 0.255 e. The lowest BCUT2D eigenvalue weighted by molar-refractivity contribution is -0.134. The molecule has 0 aliphatic carbocycles. The van der Waals surface area contributed by atoms with Crippen molar-refractivity contribution in [3.63, 3.8) is 0 Å². The summed E-state index contributed by atoms with van der Waals surface area (Å²) < 4.78 is 1.81. The Labute approximate surface area is 164 Å². The van der Waals surface area contributed by atoms with Crippen molar-refractivity contribution < 1.29 is 9.59 Å². The summed E-state index contributed by atoms with van der Waals surface area (Å²) in [4.78, 5) is 31.7. The number of aromatic nitrogens is 3. The lowest BCUT2D eigenvalue weighted by Gasteiger charge is -2.46. The van der Waals surface area contributed by atoms with E-state index >= 15 is 0 Å². The number of likely N-dealkylation sites (tertiary alicyclic amines) is 1. The molecule has 2 atom stereocenters. The van der Waals surface area contributed by atoms with E-state index in [0.717, 1.165) is 24.4 Å². The Morgan fingerprint density at radius 1 is 1.29 bits per heavy atom. The number of para-hydroxylation sites is 1. The molecule has 2 unspecified atom stereocenters. The van der Waals surface area contributed by atoms with E-state index in [1.54, 1.807) is 6.07 Å². The van der Waals surface area contributed by atoms with E-state index in [4.69, 9.17) is 0 Å². The van der Waals surface area contributed by atoms with Crippen LogP contribution in [0.5, 0.6) is 0 Å². The van der Waals surface area contributed by atoms with Gasteiger partial charge in [0, 0.05) is 18.7 Å². The topological polar surface area (TPSA) is 92.2 Å². The molecule has 2 amide bonds. The van der Waals surface area contributed by atoms with Crippen molar-refractivity contribution in [2.45, 2.75) is 51.7 Å². The van der Waals surface area contributed by atoms with Crippen LogP contribution >= 0.6 is 0 Å². The van der Waals surface area contributed by atoms with Crippen molar-refractivity contribution in [1.29, 1.82) is 0 Å². The first-order chi connectivity index (χ1) is 13.4. The molecule has 4 rings (SSSR count). The van der Waals surface area contributed by atoms with Gasteiger partial charge in [-0.05, 0) is 45.7 Å². The maximum absolute atomic E-state index is 13.0. The number of rotatable bonds is 3. The second-order valence-corrected chi connectivity index (χ2v) is 7.83. The zero-order valence-electron chi connectivity index (χ0n) is 16.5. The van der Waals surface area contributed by atoms with Crippen LogP contribution in [0.15, 0.2) is 24.3 Å². The summed E-state index contributed by atoms with van der Waals surface area (Å²) in [5.41, 5.74) is 0.854. The highest BCUT2D eigenvalue weighted by atomic mass is 16.2. The monoisotopic (exact) mass is 382 g/mol. The minimum atomic E-state index is -0.609. The molecule has 3 heterocycles. The lowest BCUT2D eigenvalue weighted by Crippen LogP contribution is -2.66. The zero-order chi connectivity index (χ0) is 19.9. The molecule has 2 aliphatic rings. The van der Waals surface area contributed by atoms with Gasteiger partial charge >= 0.3 is 0 Å². The van der Waals surface area contributed by atoms with Gasteiger partial charge in [-0.15, -0.1) is 0 Å². The quantitative estimate of drug-likeness (QED) is 0.847. The maximum atomic E-state index is 13.0. The predicted octanol–water partition coefficient (Wildman–Crippen LogP) is 2.02. The van der Waals surface area contributed by atoms with Gasteiger partial charge in [0.05, 0.1) is 18.2 Å². The van der Waals surface area contributed by atoms with Gasteiger partial charge in [-0.3, -0.25) is 9.59 Å². The molecule has 2 aromatic rings. The molecule has 0 bridgehead atoms. The van der Waals surface area contributed by atoms with Gasteiger partial charge in [0.25, 0.3) is 5.91 Å². The van der Waals surface area contributed by atoms with Crippen molar-refractivity contribution >= 4 is 17.5 Å². The highest BCUT2D eigenvalue weighted by Gasteiger charge is 2.42. The average molecular weight is 382 g/mol. The van der Waals surface area contributed by atoms with Crippen LogP contribution in [-0.4, -0.2) is 50.2 Å². The molecule has 28 heavy (non-hydrogen) atoms. The van der Waals surface area contributed by atoms with E-state index in [2.05, 4.69) is 20.7 Å². The third kappa shape index (κ3) is 3.34. The van der Waals surface area contributed by atoms with Crippen molar-refractivity contribution in [2.24, 2.45) is 0 Å². The van der Waals surface area contributed by atoms with E-state index in [1.165, 1.54) is 0 Å². The molecule has 1 spiro atoms.